The van der Waals surface area contributed by atoms with Gasteiger partial charge in [0, 0.05) is 16.5 Å². The van der Waals surface area contributed by atoms with E-state index >= 15 is 0 Å². The van der Waals surface area contributed by atoms with E-state index in [2.05, 4.69) is 28.9 Å². The molecule has 0 atom stereocenters. The van der Waals surface area contributed by atoms with E-state index in [-0.39, 0.29) is 0 Å². The summed E-state index contributed by atoms with van der Waals surface area (Å²) in [5.41, 5.74) is 1.23. The summed E-state index contributed by atoms with van der Waals surface area (Å²) >= 11 is 1.76. The first-order valence-corrected chi connectivity index (χ1v) is 6.15. The zero-order valence-electron chi connectivity index (χ0n) is 8.40. The average Bonchev–Trinajstić information content (AvgIpc) is 2.79. The molecule has 1 fully saturated rings. The van der Waals surface area contributed by atoms with Crippen LogP contribution < -0.4 is 5.32 Å². The van der Waals surface area contributed by atoms with Gasteiger partial charge < -0.3 is 9.73 Å². The molecule has 2 aromatic rings. The van der Waals surface area contributed by atoms with Crippen LogP contribution in [0.3, 0.4) is 0 Å². The molecule has 1 aliphatic carbocycles. The standard InChI is InChI=1S/C12H13NOS/c1-2-12(15-7-1)10-5-6-14-11(10)8-13-9-3-4-9/h1-2,5-7,9,13H,3-4,8H2. The van der Waals surface area contributed by atoms with Crippen LogP contribution in [0.25, 0.3) is 10.4 Å². The van der Waals surface area contributed by atoms with E-state index in [4.69, 9.17) is 4.42 Å². The molecule has 1 aliphatic rings. The molecule has 2 nitrogen and oxygen atoms in total. The van der Waals surface area contributed by atoms with E-state index in [0.29, 0.717) is 0 Å². The molecular weight excluding hydrogens is 206 g/mol. The molecule has 3 rings (SSSR count). The molecule has 78 valence electrons. The number of thiophene rings is 1. The van der Waals surface area contributed by atoms with Crippen LogP contribution in [0.4, 0.5) is 0 Å². The molecule has 1 saturated carbocycles. The van der Waals surface area contributed by atoms with Crippen molar-refractivity contribution in [2.75, 3.05) is 0 Å². The smallest absolute Gasteiger partial charge is 0.126 e. The minimum absolute atomic E-state index is 0.728. The fraction of sp³-hybridized carbons (Fsp3) is 0.333. The summed E-state index contributed by atoms with van der Waals surface area (Å²) < 4.78 is 5.51. The lowest BCUT2D eigenvalue weighted by molar-refractivity contribution is 0.483. The maximum Gasteiger partial charge on any atom is 0.126 e. The van der Waals surface area contributed by atoms with Crippen LogP contribution in [0, 0.1) is 0 Å². The monoisotopic (exact) mass is 219 g/mol. The Bertz CT molecular complexity index is 428. The highest BCUT2D eigenvalue weighted by Gasteiger charge is 2.21. The minimum atomic E-state index is 0.728. The Labute approximate surface area is 92.9 Å². The quantitative estimate of drug-likeness (QED) is 0.853. The SMILES string of the molecule is c1csc(-c2ccoc2CNC2CC2)c1. The predicted octanol–water partition coefficient (Wildman–Crippen LogP) is 3.26. The van der Waals surface area contributed by atoms with E-state index in [1.165, 1.54) is 23.3 Å². The second-order valence-corrected chi connectivity index (χ2v) is 4.84. The Morgan fingerprint density at radius 3 is 3.07 bits per heavy atom. The highest BCUT2D eigenvalue weighted by Crippen LogP contribution is 2.29. The Balaban J connectivity index is 1.79. The van der Waals surface area contributed by atoms with Crippen molar-refractivity contribution in [2.24, 2.45) is 0 Å². The highest BCUT2D eigenvalue weighted by atomic mass is 32.1. The fourth-order valence-corrected chi connectivity index (χ4v) is 2.42. The van der Waals surface area contributed by atoms with Crippen molar-refractivity contribution < 1.29 is 4.42 Å². The zero-order chi connectivity index (χ0) is 10.1. The maximum atomic E-state index is 5.51. The summed E-state index contributed by atoms with van der Waals surface area (Å²) in [4.78, 5) is 1.29. The number of hydrogen-bond donors (Lipinski definition) is 1. The van der Waals surface area contributed by atoms with Crippen LogP contribution in [0.1, 0.15) is 18.6 Å². The Morgan fingerprint density at radius 2 is 2.33 bits per heavy atom. The average molecular weight is 219 g/mol. The van der Waals surface area contributed by atoms with Gasteiger partial charge in [0.15, 0.2) is 0 Å². The summed E-state index contributed by atoms with van der Waals surface area (Å²) in [5.74, 6) is 1.06. The van der Waals surface area contributed by atoms with Crippen LogP contribution in [-0.4, -0.2) is 6.04 Å². The van der Waals surface area contributed by atoms with Crippen molar-refractivity contribution in [1.29, 1.82) is 0 Å². The number of furan rings is 1. The maximum absolute atomic E-state index is 5.51. The Hall–Kier alpha value is -1.06. The second kappa shape index (κ2) is 3.83. The van der Waals surface area contributed by atoms with Crippen molar-refractivity contribution in [3.63, 3.8) is 0 Å². The number of rotatable bonds is 4. The van der Waals surface area contributed by atoms with E-state index in [1.807, 2.05) is 0 Å². The van der Waals surface area contributed by atoms with Crippen LogP contribution in [0.15, 0.2) is 34.3 Å². The van der Waals surface area contributed by atoms with Crippen molar-refractivity contribution in [3.8, 4) is 10.4 Å². The second-order valence-electron chi connectivity index (χ2n) is 3.89. The topological polar surface area (TPSA) is 25.2 Å². The van der Waals surface area contributed by atoms with Crippen LogP contribution in [0.5, 0.6) is 0 Å². The van der Waals surface area contributed by atoms with Crippen molar-refractivity contribution >= 4 is 11.3 Å². The molecular formula is C12H13NOS. The highest BCUT2D eigenvalue weighted by molar-refractivity contribution is 7.13. The van der Waals surface area contributed by atoms with Gasteiger partial charge in [-0.15, -0.1) is 11.3 Å². The largest absolute Gasteiger partial charge is 0.467 e. The third kappa shape index (κ3) is 1.98. The van der Waals surface area contributed by atoms with Gasteiger partial charge in [-0.1, -0.05) is 6.07 Å². The molecule has 2 aromatic heterocycles. The molecule has 0 unspecified atom stereocenters. The molecule has 0 bridgehead atoms. The van der Waals surface area contributed by atoms with E-state index < -0.39 is 0 Å². The lowest BCUT2D eigenvalue weighted by atomic mass is 10.2. The summed E-state index contributed by atoms with van der Waals surface area (Å²) in [5, 5.41) is 5.57. The van der Waals surface area contributed by atoms with Crippen LogP contribution in [-0.2, 0) is 6.54 Å². The minimum Gasteiger partial charge on any atom is -0.467 e. The zero-order valence-corrected chi connectivity index (χ0v) is 9.22. The lowest BCUT2D eigenvalue weighted by Crippen LogP contribution is -2.15. The molecule has 0 spiro atoms. The van der Waals surface area contributed by atoms with Crippen LogP contribution >= 0.6 is 11.3 Å². The summed E-state index contributed by atoms with van der Waals surface area (Å²) in [6, 6.07) is 6.99. The molecule has 0 radical (unpaired) electrons. The van der Waals surface area contributed by atoms with Crippen molar-refractivity contribution in [3.05, 3.63) is 35.6 Å². The van der Waals surface area contributed by atoms with Gasteiger partial charge in [-0.05, 0) is 30.4 Å². The number of hydrogen-bond acceptors (Lipinski definition) is 3. The van der Waals surface area contributed by atoms with E-state index in [9.17, 15) is 0 Å². The van der Waals surface area contributed by atoms with Gasteiger partial charge in [0.25, 0.3) is 0 Å². The molecule has 0 aliphatic heterocycles. The Morgan fingerprint density at radius 1 is 1.40 bits per heavy atom. The van der Waals surface area contributed by atoms with E-state index in [1.54, 1.807) is 17.6 Å². The van der Waals surface area contributed by atoms with Gasteiger partial charge in [0.2, 0.25) is 0 Å². The molecule has 15 heavy (non-hydrogen) atoms. The molecule has 0 saturated heterocycles. The van der Waals surface area contributed by atoms with Gasteiger partial charge in [-0.25, -0.2) is 0 Å². The third-order valence-corrected chi connectivity index (χ3v) is 3.56. The molecule has 0 aromatic carbocycles. The van der Waals surface area contributed by atoms with Gasteiger partial charge in [0.05, 0.1) is 12.8 Å². The normalized spacial score (nSPS) is 15.7. The number of nitrogens with one attached hydrogen (secondary N) is 1. The van der Waals surface area contributed by atoms with Gasteiger partial charge in [-0.2, -0.15) is 0 Å². The first-order valence-electron chi connectivity index (χ1n) is 5.27. The first kappa shape index (κ1) is 9.19. The predicted molar refractivity (Wildman–Crippen MR) is 61.9 cm³/mol. The third-order valence-electron chi connectivity index (χ3n) is 2.66. The Kier molecular flexibility index (Phi) is 2.35. The van der Waals surface area contributed by atoms with Gasteiger partial charge in [0.1, 0.15) is 5.76 Å². The summed E-state index contributed by atoms with van der Waals surface area (Å²) in [7, 11) is 0. The molecule has 3 heteroatoms. The lowest BCUT2D eigenvalue weighted by Gasteiger charge is -2.01. The van der Waals surface area contributed by atoms with Crippen molar-refractivity contribution in [1.82, 2.24) is 5.32 Å². The molecule has 2 heterocycles. The fourth-order valence-electron chi connectivity index (χ4n) is 1.65. The van der Waals surface area contributed by atoms with Crippen molar-refractivity contribution in [2.45, 2.75) is 25.4 Å². The molecule has 0 amide bonds. The van der Waals surface area contributed by atoms with Gasteiger partial charge >= 0.3 is 0 Å². The first-order chi connectivity index (χ1) is 7.43. The molecule has 1 N–H and O–H groups in total. The van der Waals surface area contributed by atoms with Crippen LogP contribution in [0.2, 0.25) is 0 Å². The van der Waals surface area contributed by atoms with Gasteiger partial charge in [-0.3, -0.25) is 0 Å². The van der Waals surface area contributed by atoms with E-state index in [0.717, 1.165) is 18.3 Å². The summed E-state index contributed by atoms with van der Waals surface area (Å²) in [6.45, 7) is 0.852. The summed E-state index contributed by atoms with van der Waals surface area (Å²) in [6.07, 6.45) is 4.41.